The first-order chi connectivity index (χ1) is 43.7. The predicted molar refractivity (Wildman–Crippen MR) is 367 cm³/mol. The van der Waals surface area contributed by atoms with Gasteiger partial charge in [-0.15, -0.1) is 0 Å². The van der Waals surface area contributed by atoms with Gasteiger partial charge in [0.25, 0.3) is 0 Å². The topological polar surface area (TPSA) is 237 Å². The molecule has 0 aromatic heterocycles. The molecule has 19 heteroatoms. The summed E-state index contributed by atoms with van der Waals surface area (Å²) in [6, 6.07) is 0. The average molecular weight is 1340 g/mol. The van der Waals surface area contributed by atoms with E-state index in [1.165, 1.54) is 148 Å². The van der Waals surface area contributed by atoms with Crippen LogP contribution in [0.3, 0.4) is 0 Å². The molecule has 0 aromatic carbocycles. The normalized spacial score (nSPS) is 14.8. The Kier molecular flexibility index (Phi) is 60.3. The molecule has 0 spiro atoms. The van der Waals surface area contributed by atoms with Crippen LogP contribution in [-0.2, 0) is 65.4 Å². The molecule has 540 valence electrons. The van der Waals surface area contributed by atoms with Crippen molar-refractivity contribution < 1.29 is 80.2 Å². The number of carbonyl (C=O) groups is 4. The molecule has 0 fully saturated rings. The van der Waals surface area contributed by atoms with Gasteiger partial charge >= 0.3 is 39.5 Å². The van der Waals surface area contributed by atoms with Gasteiger partial charge in [0.2, 0.25) is 0 Å². The summed E-state index contributed by atoms with van der Waals surface area (Å²) < 4.78 is 68.3. The molecule has 3 N–H and O–H groups in total. The minimum atomic E-state index is -4.95. The number of unbranched alkanes of at least 4 members (excludes halogenated alkanes) is 33. The quantitative estimate of drug-likeness (QED) is 0.0222. The van der Waals surface area contributed by atoms with Crippen molar-refractivity contribution in [2.24, 2.45) is 23.7 Å². The summed E-state index contributed by atoms with van der Waals surface area (Å²) in [5.74, 6) is 0.846. The van der Waals surface area contributed by atoms with Crippen LogP contribution in [0.2, 0.25) is 0 Å². The van der Waals surface area contributed by atoms with Gasteiger partial charge in [0.1, 0.15) is 19.3 Å². The fourth-order valence-corrected chi connectivity index (χ4v) is 12.4. The maximum absolute atomic E-state index is 13.0. The number of hydrogen-bond acceptors (Lipinski definition) is 15. The van der Waals surface area contributed by atoms with E-state index in [-0.39, 0.29) is 25.7 Å². The summed E-state index contributed by atoms with van der Waals surface area (Å²) in [5.41, 5.74) is 0. The number of aliphatic hydroxyl groups excluding tert-OH is 1. The van der Waals surface area contributed by atoms with Crippen molar-refractivity contribution in [2.45, 2.75) is 375 Å². The van der Waals surface area contributed by atoms with Gasteiger partial charge in [-0.25, -0.2) is 9.13 Å². The molecule has 91 heavy (non-hydrogen) atoms. The van der Waals surface area contributed by atoms with E-state index in [9.17, 15) is 43.2 Å². The van der Waals surface area contributed by atoms with Crippen LogP contribution >= 0.6 is 15.6 Å². The van der Waals surface area contributed by atoms with E-state index in [2.05, 4.69) is 55.4 Å². The van der Waals surface area contributed by atoms with Gasteiger partial charge in [0, 0.05) is 25.7 Å². The third-order valence-corrected chi connectivity index (χ3v) is 19.2. The Morgan fingerprint density at radius 1 is 0.308 bits per heavy atom. The van der Waals surface area contributed by atoms with E-state index in [1.54, 1.807) is 0 Å². The summed E-state index contributed by atoms with van der Waals surface area (Å²) in [6.45, 7) is 14.1. The zero-order chi connectivity index (χ0) is 67.5. The number of hydrogen-bond donors (Lipinski definition) is 3. The van der Waals surface area contributed by atoms with Crippen LogP contribution in [0.4, 0.5) is 0 Å². The summed E-state index contributed by atoms with van der Waals surface area (Å²) in [7, 11) is -9.90. The van der Waals surface area contributed by atoms with E-state index in [4.69, 9.17) is 37.0 Å². The Morgan fingerprint density at radius 3 is 0.780 bits per heavy atom. The van der Waals surface area contributed by atoms with Crippen LogP contribution in [0.15, 0.2) is 0 Å². The highest BCUT2D eigenvalue weighted by Crippen LogP contribution is 2.45. The number of carbonyl (C=O) groups excluding carboxylic acids is 4. The standard InChI is InChI=1S/C72H140O17P2/c1-9-64(7)50-42-34-28-30-36-44-52-69(74)82-58-67(88-71(76)54-46-38-26-22-20-18-16-14-12-11-13-15-17-19-21-24-32-40-48-62(3)4)60-86-90(78,79)84-56-66(73)57-85-91(80,81)87-61-68(89-72(77)55-47-39-27-23-25-33-41-49-63(5)6)59-83-70(75)53-45-37-31-29-35-43-51-65(8)10-2/h62-68,73H,9-61H2,1-8H3,(H,78,79)(H,80,81)/t64?,65?,66-,67-,68-/m1/s1. The van der Waals surface area contributed by atoms with Crippen molar-refractivity contribution in [3.8, 4) is 0 Å². The number of esters is 4. The second-order valence-corrected chi connectivity index (χ2v) is 30.3. The number of ether oxygens (including phenoxy) is 4. The highest BCUT2D eigenvalue weighted by molar-refractivity contribution is 7.47. The number of phosphoric acid groups is 2. The molecule has 0 bridgehead atoms. The summed E-state index contributed by atoms with van der Waals surface area (Å²) in [4.78, 5) is 72.5. The number of phosphoric ester groups is 2. The number of aliphatic hydroxyl groups is 1. The van der Waals surface area contributed by atoms with Gasteiger partial charge in [-0.1, -0.05) is 306 Å². The monoisotopic (exact) mass is 1340 g/mol. The Morgan fingerprint density at radius 2 is 0.527 bits per heavy atom. The largest absolute Gasteiger partial charge is 0.472 e. The second-order valence-electron chi connectivity index (χ2n) is 27.4. The lowest BCUT2D eigenvalue weighted by Gasteiger charge is -2.21. The van der Waals surface area contributed by atoms with Crippen LogP contribution in [0, 0.1) is 23.7 Å². The molecule has 0 aromatic rings. The van der Waals surface area contributed by atoms with Gasteiger partial charge in [-0.05, 0) is 49.4 Å². The molecule has 0 saturated heterocycles. The molecule has 0 aliphatic rings. The molecule has 0 aliphatic carbocycles. The summed E-state index contributed by atoms with van der Waals surface area (Å²) >= 11 is 0. The molecule has 0 rings (SSSR count). The van der Waals surface area contributed by atoms with Crippen LogP contribution in [0.5, 0.6) is 0 Å². The molecule has 0 aliphatic heterocycles. The Balaban J connectivity index is 5.17. The highest BCUT2D eigenvalue weighted by Gasteiger charge is 2.30. The van der Waals surface area contributed by atoms with Gasteiger partial charge in [-0.3, -0.25) is 37.3 Å². The molecule has 0 radical (unpaired) electrons. The molecule has 17 nitrogen and oxygen atoms in total. The highest BCUT2D eigenvalue weighted by atomic mass is 31.2. The average Bonchev–Trinajstić information content (AvgIpc) is 3.62. The molecular weight excluding hydrogens is 1200 g/mol. The fourth-order valence-electron chi connectivity index (χ4n) is 10.8. The zero-order valence-electron chi connectivity index (χ0n) is 59.5. The van der Waals surface area contributed by atoms with Crippen molar-refractivity contribution in [1.82, 2.24) is 0 Å². The van der Waals surface area contributed by atoms with Gasteiger partial charge in [0.05, 0.1) is 26.4 Å². The minimum Gasteiger partial charge on any atom is -0.462 e. The maximum Gasteiger partial charge on any atom is 0.472 e. The lowest BCUT2D eigenvalue weighted by Crippen LogP contribution is -2.30. The molecule has 7 atom stereocenters. The summed E-state index contributed by atoms with van der Waals surface area (Å²) in [5, 5.41) is 10.6. The number of rotatable bonds is 69. The van der Waals surface area contributed by atoms with Crippen molar-refractivity contribution >= 4 is 39.5 Å². The van der Waals surface area contributed by atoms with Crippen LogP contribution < -0.4 is 0 Å². The fraction of sp³-hybridized carbons (Fsp3) is 0.944. The smallest absolute Gasteiger partial charge is 0.462 e. The maximum atomic E-state index is 13.0. The lowest BCUT2D eigenvalue weighted by atomic mass is 10.00. The third kappa shape index (κ3) is 63.9. The first-order valence-corrected chi connectivity index (χ1v) is 40.3. The van der Waals surface area contributed by atoms with E-state index in [0.717, 1.165) is 120 Å². The third-order valence-electron chi connectivity index (χ3n) is 17.3. The van der Waals surface area contributed by atoms with Crippen LogP contribution in [0.1, 0.15) is 357 Å². The predicted octanol–water partition coefficient (Wildman–Crippen LogP) is 20.5. The molecule has 0 amide bonds. The molecule has 4 unspecified atom stereocenters. The van der Waals surface area contributed by atoms with Crippen molar-refractivity contribution in [1.29, 1.82) is 0 Å². The Bertz CT molecular complexity index is 1800. The van der Waals surface area contributed by atoms with E-state index in [1.807, 2.05) is 0 Å². The minimum absolute atomic E-state index is 0.102. The first kappa shape index (κ1) is 89.1. The van der Waals surface area contributed by atoms with Gasteiger partial charge in [0.15, 0.2) is 12.2 Å². The van der Waals surface area contributed by atoms with Gasteiger partial charge < -0.3 is 33.8 Å². The second kappa shape index (κ2) is 61.6. The van der Waals surface area contributed by atoms with Crippen molar-refractivity contribution in [2.75, 3.05) is 39.6 Å². The molecule has 0 saturated carbocycles. The first-order valence-electron chi connectivity index (χ1n) is 37.3. The summed E-state index contributed by atoms with van der Waals surface area (Å²) in [6.07, 6.45) is 44.8. The molecular formula is C72H140O17P2. The Labute approximate surface area is 556 Å². The van der Waals surface area contributed by atoms with Gasteiger partial charge in [-0.2, -0.15) is 0 Å². The zero-order valence-corrected chi connectivity index (χ0v) is 61.3. The van der Waals surface area contributed by atoms with Crippen molar-refractivity contribution in [3.63, 3.8) is 0 Å². The molecule has 0 heterocycles. The van der Waals surface area contributed by atoms with Crippen LogP contribution in [-0.4, -0.2) is 96.7 Å². The van der Waals surface area contributed by atoms with E-state index >= 15 is 0 Å². The Hall–Kier alpha value is -1.94. The van der Waals surface area contributed by atoms with E-state index in [0.29, 0.717) is 31.6 Å². The van der Waals surface area contributed by atoms with Crippen molar-refractivity contribution in [3.05, 3.63) is 0 Å². The van der Waals surface area contributed by atoms with Crippen LogP contribution in [0.25, 0.3) is 0 Å². The SMILES string of the molecule is CCC(C)CCCCCCCCC(=O)OC[C@H](COP(=O)(O)OC[C@@H](O)COP(=O)(O)OC[C@@H](COC(=O)CCCCCCCCC(C)CC)OC(=O)CCCCCCCCCC(C)C)OC(=O)CCCCCCCCCCCCCCCCCCCCC(C)C. The van der Waals surface area contributed by atoms with E-state index < -0.39 is 97.5 Å². The lowest BCUT2D eigenvalue weighted by molar-refractivity contribution is -0.161.